The van der Waals surface area contributed by atoms with Gasteiger partial charge in [-0.15, -0.1) is 0 Å². The molecule has 0 saturated heterocycles. The van der Waals surface area contributed by atoms with E-state index in [4.69, 9.17) is 16.7 Å². The first-order valence-corrected chi connectivity index (χ1v) is 3.28. The van der Waals surface area contributed by atoms with Crippen molar-refractivity contribution in [1.82, 2.24) is 0 Å². The summed E-state index contributed by atoms with van der Waals surface area (Å²) in [7, 11) is 0. The molecule has 2 N–H and O–H groups in total. The minimum atomic E-state index is -3.02. The van der Waals surface area contributed by atoms with Crippen molar-refractivity contribution in [3.8, 4) is 0 Å². The fourth-order valence-electron chi connectivity index (χ4n) is 0.971. The van der Waals surface area contributed by atoms with E-state index in [1.54, 1.807) is 0 Å². The molecule has 2 rings (SSSR count). The predicted molar refractivity (Wildman–Crippen MR) is 47.5 cm³/mol. The third kappa shape index (κ3) is 1.23. The Hall–Kier alpha value is -0.980. The highest BCUT2D eigenvalue weighted by molar-refractivity contribution is 5.45. The van der Waals surface area contributed by atoms with Crippen LogP contribution in [0.15, 0.2) is 18.2 Å². The van der Waals surface area contributed by atoms with Crippen LogP contribution in [0.4, 0.5) is 5.69 Å². The molecule has 0 amide bonds. The van der Waals surface area contributed by atoms with E-state index in [2.05, 4.69) is 0 Å². The van der Waals surface area contributed by atoms with Gasteiger partial charge in [-0.05, 0) is 48.8 Å². The summed E-state index contributed by atoms with van der Waals surface area (Å²) in [5, 5.41) is 0. The van der Waals surface area contributed by atoms with Crippen molar-refractivity contribution < 1.29 is 11.0 Å². The standard InChI is InChI=1S/C10H13N/c11-10-6-5-8-3-1-2-4-9(8)7-10/h5-7H,1-4,11H2/i1D2,2D2,3D2,4D2. The van der Waals surface area contributed by atoms with Gasteiger partial charge in [0.05, 0.1) is 0 Å². The molecule has 0 aliphatic heterocycles. The second-order valence-electron chi connectivity index (χ2n) is 2.31. The van der Waals surface area contributed by atoms with Gasteiger partial charge in [-0.1, -0.05) is 6.07 Å². The summed E-state index contributed by atoms with van der Waals surface area (Å²) < 4.78 is 62.3. The van der Waals surface area contributed by atoms with Gasteiger partial charge in [0.2, 0.25) is 0 Å². The third-order valence-corrected chi connectivity index (χ3v) is 1.50. The molecule has 0 saturated carbocycles. The minimum absolute atomic E-state index is 0.177. The van der Waals surface area contributed by atoms with Crippen LogP contribution >= 0.6 is 0 Å². The molecule has 0 bridgehead atoms. The van der Waals surface area contributed by atoms with E-state index in [-0.39, 0.29) is 16.8 Å². The highest BCUT2D eigenvalue weighted by Crippen LogP contribution is 2.22. The van der Waals surface area contributed by atoms with Gasteiger partial charge < -0.3 is 5.73 Å². The Bertz CT molecular complexity index is 536. The lowest BCUT2D eigenvalue weighted by molar-refractivity contribution is 0.686. The van der Waals surface area contributed by atoms with Crippen LogP contribution in [0.3, 0.4) is 0 Å². The van der Waals surface area contributed by atoms with Gasteiger partial charge in [-0.2, -0.15) is 0 Å². The highest BCUT2D eigenvalue weighted by atomic mass is 14.5. The summed E-state index contributed by atoms with van der Waals surface area (Å²) in [5.74, 6) is 0. The summed E-state index contributed by atoms with van der Waals surface area (Å²) in [6.45, 7) is 0. The first kappa shape index (κ1) is 2.25. The molecule has 0 spiro atoms. The van der Waals surface area contributed by atoms with Gasteiger partial charge in [0.1, 0.15) is 0 Å². The van der Waals surface area contributed by atoms with Crippen LogP contribution in [0.2, 0.25) is 0 Å². The average Bonchev–Trinajstić information content (AvgIpc) is 2.26. The molecule has 1 heteroatoms. The molecule has 11 heavy (non-hydrogen) atoms. The van der Waals surface area contributed by atoms with Gasteiger partial charge in [-0.25, -0.2) is 0 Å². The van der Waals surface area contributed by atoms with Crippen molar-refractivity contribution in [2.75, 3.05) is 5.73 Å². The van der Waals surface area contributed by atoms with Crippen LogP contribution < -0.4 is 5.73 Å². The van der Waals surface area contributed by atoms with Gasteiger partial charge in [0.25, 0.3) is 0 Å². The molecule has 0 heterocycles. The Kier molecular flexibility index (Phi) is 0.527. The highest BCUT2D eigenvalue weighted by Gasteiger charge is 2.07. The molecule has 0 atom stereocenters. The molecule has 0 radical (unpaired) electrons. The molecule has 0 unspecified atom stereocenters. The maximum Gasteiger partial charge on any atom is 0.0316 e. The molecule has 1 nitrogen and oxygen atoms in total. The Morgan fingerprint density at radius 3 is 2.73 bits per heavy atom. The Morgan fingerprint density at radius 1 is 1.18 bits per heavy atom. The van der Waals surface area contributed by atoms with Crippen molar-refractivity contribution in [1.29, 1.82) is 0 Å². The summed E-state index contributed by atoms with van der Waals surface area (Å²) in [5.41, 5.74) is 5.28. The number of nitrogens with two attached hydrogens (primary N) is 1. The van der Waals surface area contributed by atoms with E-state index in [1.165, 1.54) is 18.2 Å². The second kappa shape index (κ2) is 2.57. The smallest absolute Gasteiger partial charge is 0.0316 e. The number of aryl methyl sites for hydroxylation is 2. The number of nitrogen functional groups attached to an aromatic ring is 1. The third-order valence-electron chi connectivity index (χ3n) is 1.50. The lowest BCUT2D eigenvalue weighted by Crippen LogP contribution is -2.02. The lowest BCUT2D eigenvalue weighted by Gasteiger charge is -2.15. The Balaban J connectivity index is 2.88. The van der Waals surface area contributed by atoms with Gasteiger partial charge in [0, 0.05) is 16.7 Å². The molecule has 1 aromatic carbocycles. The SMILES string of the molecule is [2H]C1([2H])c2ccc(N)cc2C([2H])([2H])C([2H])([2H])C1([2H])[2H]. The monoisotopic (exact) mass is 155 g/mol. The van der Waals surface area contributed by atoms with E-state index >= 15 is 0 Å². The largest absolute Gasteiger partial charge is 0.399 e. The molecule has 1 aliphatic carbocycles. The number of fused-ring (bicyclic) bond motifs is 1. The lowest BCUT2D eigenvalue weighted by atomic mass is 9.91. The first-order chi connectivity index (χ1) is 8.37. The maximum absolute atomic E-state index is 7.87. The number of benzene rings is 1. The van der Waals surface area contributed by atoms with Crippen LogP contribution in [0, 0.1) is 0 Å². The Morgan fingerprint density at radius 2 is 1.91 bits per heavy atom. The molecule has 0 fully saturated rings. The second-order valence-corrected chi connectivity index (χ2v) is 2.31. The van der Waals surface area contributed by atoms with Crippen LogP contribution in [0.1, 0.15) is 34.8 Å². The summed E-state index contributed by atoms with van der Waals surface area (Å²) >= 11 is 0. The molecular formula is C10H13N. The average molecular weight is 155 g/mol. The van der Waals surface area contributed by atoms with Crippen LogP contribution in [0.5, 0.6) is 0 Å². The summed E-state index contributed by atoms with van der Waals surface area (Å²) in [4.78, 5) is 0. The maximum atomic E-state index is 7.87. The van der Waals surface area contributed by atoms with E-state index < -0.39 is 25.5 Å². The van der Waals surface area contributed by atoms with Crippen LogP contribution in [-0.4, -0.2) is 0 Å². The minimum Gasteiger partial charge on any atom is -0.399 e. The topological polar surface area (TPSA) is 26.0 Å². The summed E-state index contributed by atoms with van der Waals surface area (Å²) in [6, 6.07) is 3.74. The zero-order valence-corrected chi connectivity index (χ0v) is 5.81. The van der Waals surface area contributed by atoms with Crippen molar-refractivity contribution in [2.24, 2.45) is 0 Å². The fraction of sp³-hybridized carbons (Fsp3) is 0.400. The zero-order chi connectivity index (χ0) is 14.9. The molecule has 0 aromatic heterocycles. The van der Waals surface area contributed by atoms with Crippen LogP contribution in [-0.2, 0) is 12.7 Å². The van der Waals surface area contributed by atoms with Gasteiger partial charge in [-0.3, -0.25) is 0 Å². The van der Waals surface area contributed by atoms with E-state index in [0.29, 0.717) is 0 Å². The fourth-order valence-corrected chi connectivity index (χ4v) is 0.971. The summed E-state index contributed by atoms with van der Waals surface area (Å²) in [6.07, 6.45) is -11.4. The molecular weight excluding hydrogens is 134 g/mol. The van der Waals surface area contributed by atoms with Crippen molar-refractivity contribution in [2.45, 2.75) is 25.5 Å². The first-order valence-electron chi connectivity index (χ1n) is 7.28. The van der Waals surface area contributed by atoms with Crippen LogP contribution in [0.25, 0.3) is 0 Å². The number of rotatable bonds is 0. The number of hydrogen-bond donors (Lipinski definition) is 1. The van der Waals surface area contributed by atoms with Crippen molar-refractivity contribution >= 4 is 5.69 Å². The molecule has 1 aliphatic rings. The zero-order valence-electron chi connectivity index (χ0n) is 13.8. The van der Waals surface area contributed by atoms with E-state index in [9.17, 15) is 0 Å². The van der Waals surface area contributed by atoms with Crippen molar-refractivity contribution in [3.63, 3.8) is 0 Å². The van der Waals surface area contributed by atoms with E-state index in [0.717, 1.165) is 0 Å². The van der Waals surface area contributed by atoms with Gasteiger partial charge >= 0.3 is 0 Å². The van der Waals surface area contributed by atoms with E-state index in [1.807, 2.05) is 0 Å². The predicted octanol–water partition coefficient (Wildman–Crippen LogP) is 2.15. The Labute approximate surface area is 78.5 Å². The number of hydrogen-bond acceptors (Lipinski definition) is 1. The van der Waals surface area contributed by atoms with Crippen molar-refractivity contribution in [3.05, 3.63) is 29.3 Å². The number of anilines is 1. The quantitative estimate of drug-likeness (QED) is 0.571. The molecule has 1 aromatic rings. The molecule has 58 valence electrons. The normalized spacial score (nSPS) is 45.1. The van der Waals surface area contributed by atoms with Gasteiger partial charge in [0.15, 0.2) is 0 Å².